The third kappa shape index (κ3) is 2.33. The lowest BCUT2D eigenvalue weighted by Crippen LogP contribution is -2.55. The Morgan fingerprint density at radius 1 is 1.29 bits per heavy atom. The highest BCUT2D eigenvalue weighted by Crippen LogP contribution is 2.38. The fourth-order valence-corrected chi connectivity index (χ4v) is 2.33. The Labute approximate surface area is 101 Å². The topological polar surface area (TPSA) is 66.4 Å². The van der Waals surface area contributed by atoms with E-state index in [1.54, 1.807) is 6.92 Å². The van der Waals surface area contributed by atoms with E-state index in [0.717, 1.165) is 0 Å². The molecule has 2 aliphatic rings. The molecular weight excluding hydrogens is 228 g/mol. The molecule has 0 radical (unpaired) electrons. The lowest BCUT2D eigenvalue weighted by atomic mass is 10.0. The maximum atomic E-state index is 10.0. The zero-order chi connectivity index (χ0) is 12.6. The number of methoxy groups -OCH3 is 1. The van der Waals surface area contributed by atoms with E-state index < -0.39 is 24.5 Å². The third-order valence-corrected chi connectivity index (χ3v) is 3.09. The van der Waals surface area contributed by atoms with E-state index in [2.05, 4.69) is 0 Å². The first-order valence-corrected chi connectivity index (χ1v) is 5.86. The van der Waals surface area contributed by atoms with Crippen molar-refractivity contribution in [1.82, 2.24) is 0 Å². The van der Waals surface area contributed by atoms with Crippen molar-refractivity contribution < 1.29 is 28.8 Å². The Morgan fingerprint density at radius 2 is 1.94 bits per heavy atom. The van der Waals surface area contributed by atoms with E-state index in [9.17, 15) is 5.11 Å². The normalized spacial score (nSPS) is 50.3. The van der Waals surface area contributed by atoms with E-state index in [1.807, 2.05) is 13.8 Å². The summed E-state index contributed by atoms with van der Waals surface area (Å²) in [6.07, 6.45) is -2.66. The van der Waals surface area contributed by atoms with E-state index in [0.29, 0.717) is 6.61 Å². The summed E-state index contributed by atoms with van der Waals surface area (Å²) in [5, 5.41) is 10.0. The second-order valence-corrected chi connectivity index (χ2v) is 4.40. The number of hydrogen-bond donors (Lipinski definition) is 1. The first kappa shape index (κ1) is 13.2. The van der Waals surface area contributed by atoms with Gasteiger partial charge >= 0.3 is 0 Å². The van der Waals surface area contributed by atoms with E-state index in [1.165, 1.54) is 7.11 Å². The molecule has 0 aromatic heterocycles. The number of fused-ring (bicyclic) bond motifs is 1. The molecule has 0 aromatic rings. The van der Waals surface area contributed by atoms with Gasteiger partial charge in [0.15, 0.2) is 6.29 Å². The van der Waals surface area contributed by atoms with Gasteiger partial charge in [0.25, 0.3) is 5.97 Å². The van der Waals surface area contributed by atoms with Crippen molar-refractivity contribution in [1.29, 1.82) is 0 Å². The standard InChI is InChI=1S/C11H20O6/c1-5-14-11(3)16-8-6(2)15-10(13-4)7(12)9(8)17-11/h6-10,12H,5H2,1-4H3/t6-,7-,8+,9-,10+,11?/m0/s1. The van der Waals surface area contributed by atoms with Crippen LogP contribution in [0.4, 0.5) is 0 Å². The van der Waals surface area contributed by atoms with Crippen LogP contribution in [0.25, 0.3) is 0 Å². The SMILES string of the molecule is CCOC1(C)O[C@H]2[C@H](O)[C@H](OC)O[C@@H](C)[C@H]2O1. The molecule has 6 nitrogen and oxygen atoms in total. The quantitative estimate of drug-likeness (QED) is 0.771. The molecule has 0 spiro atoms. The second kappa shape index (κ2) is 4.79. The molecule has 100 valence electrons. The Bertz CT molecular complexity index is 273. The summed E-state index contributed by atoms with van der Waals surface area (Å²) in [6, 6.07) is 0. The Kier molecular flexibility index (Phi) is 3.72. The van der Waals surface area contributed by atoms with Crippen LogP contribution in [-0.4, -0.2) is 55.5 Å². The summed E-state index contributed by atoms with van der Waals surface area (Å²) in [4.78, 5) is 0. The minimum absolute atomic E-state index is 0.226. The number of rotatable bonds is 3. The van der Waals surface area contributed by atoms with Crippen molar-refractivity contribution in [3.8, 4) is 0 Å². The molecule has 17 heavy (non-hydrogen) atoms. The molecular formula is C11H20O6. The van der Waals surface area contributed by atoms with Crippen LogP contribution in [0.1, 0.15) is 20.8 Å². The molecule has 6 atom stereocenters. The molecule has 1 N–H and O–H groups in total. The molecule has 1 unspecified atom stereocenters. The number of hydrogen-bond acceptors (Lipinski definition) is 6. The Hall–Kier alpha value is -0.240. The molecule has 0 amide bonds. The average molecular weight is 248 g/mol. The van der Waals surface area contributed by atoms with Crippen LogP contribution in [0, 0.1) is 0 Å². The maximum absolute atomic E-state index is 10.0. The van der Waals surface area contributed by atoms with E-state index in [4.69, 9.17) is 23.7 Å². The fraction of sp³-hybridized carbons (Fsp3) is 1.00. The van der Waals surface area contributed by atoms with Gasteiger partial charge in [0, 0.05) is 20.6 Å². The molecule has 6 heteroatoms. The molecule has 2 rings (SSSR count). The van der Waals surface area contributed by atoms with Crippen LogP contribution in [0.15, 0.2) is 0 Å². The van der Waals surface area contributed by atoms with Gasteiger partial charge < -0.3 is 28.8 Å². The van der Waals surface area contributed by atoms with Gasteiger partial charge in [-0.1, -0.05) is 0 Å². The van der Waals surface area contributed by atoms with Gasteiger partial charge in [0.2, 0.25) is 0 Å². The lowest BCUT2D eigenvalue weighted by molar-refractivity contribution is -0.330. The van der Waals surface area contributed by atoms with Crippen molar-refractivity contribution in [2.24, 2.45) is 0 Å². The van der Waals surface area contributed by atoms with E-state index in [-0.39, 0.29) is 12.2 Å². The lowest BCUT2D eigenvalue weighted by Gasteiger charge is -2.37. The molecule has 0 bridgehead atoms. The zero-order valence-corrected chi connectivity index (χ0v) is 10.6. The number of aliphatic hydroxyl groups excluding tert-OH is 1. The average Bonchev–Trinajstić information content (AvgIpc) is 2.63. The summed E-state index contributed by atoms with van der Waals surface area (Å²) >= 11 is 0. The predicted octanol–water partition coefficient (Wildman–Crippen LogP) is 0.233. The van der Waals surface area contributed by atoms with Crippen molar-refractivity contribution in [3.63, 3.8) is 0 Å². The molecule has 2 heterocycles. The highest BCUT2D eigenvalue weighted by Gasteiger charge is 2.55. The molecule has 0 aliphatic carbocycles. The number of ether oxygens (including phenoxy) is 5. The summed E-state index contributed by atoms with van der Waals surface area (Å²) < 4.78 is 27.3. The number of aliphatic hydroxyl groups is 1. The Morgan fingerprint density at radius 3 is 2.53 bits per heavy atom. The Balaban J connectivity index is 2.12. The maximum Gasteiger partial charge on any atom is 0.280 e. The van der Waals surface area contributed by atoms with Crippen LogP contribution in [-0.2, 0) is 23.7 Å². The monoisotopic (exact) mass is 248 g/mol. The van der Waals surface area contributed by atoms with Crippen LogP contribution in [0.3, 0.4) is 0 Å². The molecule has 0 aromatic carbocycles. The van der Waals surface area contributed by atoms with Crippen molar-refractivity contribution in [2.45, 2.75) is 57.5 Å². The first-order valence-electron chi connectivity index (χ1n) is 5.86. The van der Waals surface area contributed by atoms with Crippen molar-refractivity contribution in [2.75, 3.05) is 13.7 Å². The van der Waals surface area contributed by atoms with Gasteiger partial charge in [0.05, 0.1) is 6.10 Å². The van der Waals surface area contributed by atoms with Gasteiger partial charge in [-0.05, 0) is 13.8 Å². The highest BCUT2D eigenvalue weighted by molar-refractivity contribution is 4.94. The second-order valence-electron chi connectivity index (χ2n) is 4.40. The molecule has 2 aliphatic heterocycles. The fourth-order valence-electron chi connectivity index (χ4n) is 2.33. The summed E-state index contributed by atoms with van der Waals surface area (Å²) in [6.45, 7) is 5.87. The van der Waals surface area contributed by atoms with Gasteiger partial charge in [0.1, 0.15) is 18.3 Å². The highest BCUT2D eigenvalue weighted by atomic mass is 16.9. The molecule has 0 saturated carbocycles. The molecule has 2 fully saturated rings. The van der Waals surface area contributed by atoms with E-state index >= 15 is 0 Å². The van der Waals surface area contributed by atoms with Gasteiger partial charge in [-0.15, -0.1) is 0 Å². The largest absolute Gasteiger partial charge is 0.385 e. The minimum atomic E-state index is -1.12. The van der Waals surface area contributed by atoms with Crippen LogP contribution >= 0.6 is 0 Å². The summed E-state index contributed by atoms with van der Waals surface area (Å²) in [5.41, 5.74) is 0. The predicted molar refractivity (Wildman–Crippen MR) is 57.1 cm³/mol. The van der Waals surface area contributed by atoms with Crippen molar-refractivity contribution in [3.05, 3.63) is 0 Å². The minimum Gasteiger partial charge on any atom is -0.385 e. The summed E-state index contributed by atoms with van der Waals surface area (Å²) in [5.74, 6) is -1.12. The first-order chi connectivity index (χ1) is 8.00. The van der Waals surface area contributed by atoms with Gasteiger partial charge in [-0.3, -0.25) is 0 Å². The van der Waals surface area contributed by atoms with Gasteiger partial charge in [-0.25, -0.2) is 0 Å². The van der Waals surface area contributed by atoms with Crippen LogP contribution in [0.2, 0.25) is 0 Å². The van der Waals surface area contributed by atoms with Crippen LogP contribution in [0.5, 0.6) is 0 Å². The summed E-state index contributed by atoms with van der Waals surface area (Å²) in [7, 11) is 1.48. The van der Waals surface area contributed by atoms with Crippen molar-refractivity contribution >= 4 is 0 Å². The third-order valence-electron chi connectivity index (χ3n) is 3.09. The van der Waals surface area contributed by atoms with Crippen LogP contribution < -0.4 is 0 Å². The smallest absolute Gasteiger partial charge is 0.280 e. The zero-order valence-electron chi connectivity index (χ0n) is 10.6. The molecule has 2 saturated heterocycles. The van der Waals surface area contributed by atoms with Gasteiger partial charge in [-0.2, -0.15) is 0 Å².